The number of nitrogens with zero attached hydrogens (tertiary/aromatic N) is 2. The third-order valence-corrected chi connectivity index (χ3v) is 17.4. The van der Waals surface area contributed by atoms with Gasteiger partial charge in [0.15, 0.2) is 0 Å². The molecule has 2 fully saturated rings. The molecule has 1 saturated heterocycles. The Balaban J connectivity index is 2.06. The number of ether oxygens (including phenoxy) is 1. The maximum Gasteiger partial charge on any atom is 0.335 e. The number of fused-ring (bicyclic) bond motifs is 3. The van der Waals surface area contributed by atoms with Crippen LogP contribution in [0.25, 0.3) is 0 Å². The van der Waals surface area contributed by atoms with Gasteiger partial charge in [0, 0.05) is 26.6 Å². The van der Waals surface area contributed by atoms with Crippen molar-refractivity contribution in [1.82, 2.24) is 4.90 Å². The van der Waals surface area contributed by atoms with E-state index in [4.69, 9.17) is 17.7 Å². The second-order valence-electron chi connectivity index (χ2n) is 10.6. The molecular formula is C21H42N2O5Si2. The quantitative estimate of drug-likeness (QED) is 0.649. The van der Waals surface area contributed by atoms with Crippen molar-refractivity contribution in [2.45, 2.75) is 102 Å². The van der Waals surface area contributed by atoms with Crippen LogP contribution in [0.2, 0.25) is 22.2 Å². The van der Waals surface area contributed by atoms with Crippen LogP contribution < -0.4 is 0 Å². The molecule has 0 radical (unpaired) electrons. The minimum Gasteiger partial charge on any atom is -0.459 e. The maximum atomic E-state index is 11.2. The summed E-state index contributed by atoms with van der Waals surface area (Å²) in [6.07, 6.45) is -1.32. The molecule has 9 heteroatoms. The summed E-state index contributed by atoms with van der Waals surface area (Å²) in [7, 11) is -1.51. The van der Waals surface area contributed by atoms with Crippen LogP contribution in [0.15, 0.2) is 4.99 Å². The van der Waals surface area contributed by atoms with Crippen molar-refractivity contribution in [2.24, 2.45) is 10.9 Å². The first-order chi connectivity index (χ1) is 13.9. The Morgan fingerprint density at radius 3 is 1.90 bits per heavy atom. The van der Waals surface area contributed by atoms with Gasteiger partial charge in [0.2, 0.25) is 0 Å². The van der Waals surface area contributed by atoms with Gasteiger partial charge in [-0.25, -0.2) is 4.99 Å². The lowest BCUT2D eigenvalue weighted by Crippen LogP contribution is -2.65. The molecule has 1 aliphatic carbocycles. The lowest BCUT2D eigenvalue weighted by Gasteiger charge is -2.51. The molecule has 0 bridgehead atoms. The summed E-state index contributed by atoms with van der Waals surface area (Å²) in [6, 6.07) is 0.257. The molecule has 5 atom stereocenters. The topological polar surface area (TPSA) is 72.8 Å². The second kappa shape index (κ2) is 8.48. The summed E-state index contributed by atoms with van der Waals surface area (Å²) < 4.78 is 27.2. The van der Waals surface area contributed by atoms with Crippen LogP contribution in [0.3, 0.4) is 0 Å². The molecule has 1 saturated carbocycles. The van der Waals surface area contributed by atoms with Gasteiger partial charge in [-0.2, -0.15) is 0 Å². The minimum absolute atomic E-state index is 0.0659. The van der Waals surface area contributed by atoms with Crippen LogP contribution in [-0.4, -0.2) is 78.2 Å². The van der Waals surface area contributed by atoms with Crippen molar-refractivity contribution < 1.29 is 22.8 Å². The summed E-state index contributed by atoms with van der Waals surface area (Å²) in [4.78, 5) is 6.54. The first-order valence-electron chi connectivity index (χ1n) is 11.5. The molecule has 0 unspecified atom stereocenters. The van der Waals surface area contributed by atoms with Crippen LogP contribution in [0.4, 0.5) is 0 Å². The van der Waals surface area contributed by atoms with Gasteiger partial charge >= 0.3 is 17.1 Å². The molecule has 2 aliphatic heterocycles. The van der Waals surface area contributed by atoms with E-state index in [-0.39, 0.29) is 35.3 Å². The van der Waals surface area contributed by atoms with Crippen molar-refractivity contribution >= 4 is 23.1 Å². The van der Waals surface area contributed by atoms with Gasteiger partial charge in [0.25, 0.3) is 6.02 Å². The highest BCUT2D eigenvalue weighted by Crippen LogP contribution is 2.49. The predicted molar refractivity (Wildman–Crippen MR) is 123 cm³/mol. The van der Waals surface area contributed by atoms with Crippen molar-refractivity contribution in [3.8, 4) is 0 Å². The average Bonchev–Trinajstić information content (AvgIpc) is 3.14. The molecule has 0 amide bonds. The summed E-state index contributed by atoms with van der Waals surface area (Å²) in [5, 5.41) is 11.2. The number of aliphatic hydroxyl groups excluding tert-OH is 1. The van der Waals surface area contributed by atoms with E-state index >= 15 is 0 Å². The van der Waals surface area contributed by atoms with Crippen LogP contribution in [-0.2, 0) is 17.7 Å². The van der Waals surface area contributed by atoms with E-state index < -0.39 is 23.2 Å². The zero-order valence-electron chi connectivity index (χ0n) is 20.4. The Labute approximate surface area is 184 Å². The Morgan fingerprint density at radius 2 is 1.43 bits per heavy atom. The van der Waals surface area contributed by atoms with Crippen LogP contribution in [0.1, 0.15) is 55.4 Å². The standard InChI is InChI=1S/C21H42N2O5Si2/c1-12(2)29(13(3)4)25-11-16-19-17(22-21(26-19)23(9)10)18(24)20(16)27-30(28-29,14(5)6)15(7)8/h12-20,24H,11H2,1-10H3/t16-,17+,18+,19-,20+/m0/s1. The number of rotatable bonds is 4. The first-order valence-corrected chi connectivity index (χ1v) is 15.4. The molecule has 30 heavy (non-hydrogen) atoms. The molecule has 3 rings (SSSR count). The summed E-state index contributed by atoms with van der Waals surface area (Å²) in [5.74, 6) is -0.0659. The summed E-state index contributed by atoms with van der Waals surface area (Å²) >= 11 is 0. The third-order valence-electron chi connectivity index (χ3n) is 7.11. The smallest absolute Gasteiger partial charge is 0.335 e. The van der Waals surface area contributed by atoms with E-state index in [1.165, 1.54) is 0 Å². The van der Waals surface area contributed by atoms with Gasteiger partial charge in [0.05, 0.1) is 6.10 Å². The lowest BCUT2D eigenvalue weighted by molar-refractivity contribution is -0.0309. The Bertz CT molecular complexity index is 639. The van der Waals surface area contributed by atoms with Gasteiger partial charge in [-0.15, -0.1) is 0 Å². The molecule has 174 valence electrons. The molecule has 0 aromatic heterocycles. The zero-order valence-corrected chi connectivity index (χ0v) is 22.4. The fourth-order valence-electron chi connectivity index (χ4n) is 5.39. The Hall–Kier alpha value is -0.456. The van der Waals surface area contributed by atoms with Crippen LogP contribution >= 0.6 is 0 Å². The fourth-order valence-corrected chi connectivity index (χ4v) is 16.7. The third kappa shape index (κ3) is 3.69. The SMILES string of the molecule is CC(C)[Si]1(C(C)C)OC[C@@H]2[C@@H](O[Si](C(C)C)(C(C)C)O1)[C@H](O)[C@H]1N=C(N(C)C)O[C@@H]21. The minimum atomic E-state index is -2.73. The summed E-state index contributed by atoms with van der Waals surface area (Å²) in [5.41, 5.74) is 1.06. The normalized spacial score (nSPS) is 35.2. The molecule has 1 N–H and O–H groups in total. The lowest BCUT2D eigenvalue weighted by atomic mass is 10.1. The monoisotopic (exact) mass is 458 g/mol. The van der Waals surface area contributed by atoms with Gasteiger partial charge in [-0.05, 0) is 22.2 Å². The van der Waals surface area contributed by atoms with Crippen molar-refractivity contribution in [1.29, 1.82) is 0 Å². The fraction of sp³-hybridized carbons (Fsp3) is 0.952. The molecule has 7 nitrogen and oxygen atoms in total. The molecule has 2 heterocycles. The van der Waals surface area contributed by atoms with Gasteiger partial charge < -0.3 is 27.7 Å². The second-order valence-corrected chi connectivity index (χ2v) is 19.4. The molecule has 3 aliphatic rings. The first kappa shape index (κ1) is 24.2. The van der Waals surface area contributed by atoms with Crippen LogP contribution in [0.5, 0.6) is 0 Å². The van der Waals surface area contributed by atoms with Crippen molar-refractivity contribution in [3.05, 3.63) is 0 Å². The van der Waals surface area contributed by atoms with Gasteiger partial charge in [-0.1, -0.05) is 55.4 Å². The van der Waals surface area contributed by atoms with Crippen molar-refractivity contribution in [2.75, 3.05) is 20.7 Å². The maximum absolute atomic E-state index is 11.2. The summed E-state index contributed by atoms with van der Waals surface area (Å²) in [6.45, 7) is 18.1. The van der Waals surface area contributed by atoms with Gasteiger partial charge in [-0.3, -0.25) is 0 Å². The number of aliphatic hydroxyl groups is 1. The Morgan fingerprint density at radius 1 is 0.900 bits per heavy atom. The highest BCUT2D eigenvalue weighted by Gasteiger charge is 2.64. The largest absolute Gasteiger partial charge is 0.459 e. The number of hydrogen-bond acceptors (Lipinski definition) is 7. The zero-order chi connectivity index (χ0) is 22.6. The van der Waals surface area contributed by atoms with E-state index in [2.05, 4.69) is 60.4 Å². The molecule has 0 aromatic carbocycles. The van der Waals surface area contributed by atoms with E-state index in [0.29, 0.717) is 23.7 Å². The molecule has 0 aromatic rings. The highest BCUT2D eigenvalue weighted by atomic mass is 28.5. The van der Waals surface area contributed by atoms with Crippen molar-refractivity contribution in [3.63, 3.8) is 0 Å². The van der Waals surface area contributed by atoms with Gasteiger partial charge in [0.1, 0.15) is 18.2 Å². The van der Waals surface area contributed by atoms with E-state index in [9.17, 15) is 5.11 Å². The average molecular weight is 459 g/mol. The molecular weight excluding hydrogens is 416 g/mol. The van der Waals surface area contributed by atoms with Crippen LogP contribution in [0, 0.1) is 5.92 Å². The number of aliphatic imine (C=N–C) groups is 1. The van der Waals surface area contributed by atoms with E-state index in [1.807, 2.05) is 19.0 Å². The number of hydrogen-bond donors (Lipinski definition) is 1. The molecule has 0 spiro atoms. The highest BCUT2D eigenvalue weighted by molar-refractivity contribution is 6.83. The number of amidine groups is 1. The van der Waals surface area contributed by atoms with E-state index in [1.54, 1.807) is 0 Å². The van der Waals surface area contributed by atoms with E-state index in [0.717, 1.165) is 0 Å². The Kier molecular flexibility index (Phi) is 6.84. The predicted octanol–water partition coefficient (Wildman–Crippen LogP) is 3.62.